The molecule has 0 radical (unpaired) electrons. The maximum atomic E-state index is 11.4. The van der Waals surface area contributed by atoms with Crippen LogP contribution in [0.5, 0.6) is 0 Å². The molecule has 0 bridgehead atoms. The van der Waals surface area contributed by atoms with Gasteiger partial charge in [-0.05, 0) is 37.6 Å². The molecule has 0 atom stereocenters. The lowest BCUT2D eigenvalue weighted by Gasteiger charge is -2.07. The van der Waals surface area contributed by atoms with Gasteiger partial charge in [-0.1, -0.05) is 13.3 Å². The van der Waals surface area contributed by atoms with E-state index in [1.54, 1.807) is 31.2 Å². The molecular formula is C14H19NO4. The van der Waals surface area contributed by atoms with Crippen molar-refractivity contribution in [1.82, 2.24) is 0 Å². The zero-order chi connectivity index (χ0) is 14.1. The predicted octanol–water partition coefficient (Wildman–Crippen LogP) is 3.21. The summed E-state index contributed by atoms with van der Waals surface area (Å²) in [6, 6.07) is 6.46. The molecule has 1 N–H and O–H groups in total. The minimum absolute atomic E-state index is 0.336. The van der Waals surface area contributed by atoms with Crippen molar-refractivity contribution in [3.63, 3.8) is 0 Å². The van der Waals surface area contributed by atoms with Crippen molar-refractivity contribution in [3.8, 4) is 0 Å². The zero-order valence-electron chi connectivity index (χ0n) is 11.3. The summed E-state index contributed by atoms with van der Waals surface area (Å²) in [4.78, 5) is 22.8. The highest BCUT2D eigenvalue weighted by Gasteiger charge is 2.07. The van der Waals surface area contributed by atoms with Gasteiger partial charge in [-0.2, -0.15) is 0 Å². The van der Waals surface area contributed by atoms with Crippen molar-refractivity contribution in [3.05, 3.63) is 29.8 Å². The highest BCUT2D eigenvalue weighted by Crippen LogP contribution is 2.11. The van der Waals surface area contributed by atoms with Gasteiger partial charge in [0.1, 0.15) is 0 Å². The third kappa shape index (κ3) is 5.42. The number of nitrogens with one attached hydrogen (secondary N) is 1. The van der Waals surface area contributed by atoms with Crippen LogP contribution < -0.4 is 5.32 Å². The van der Waals surface area contributed by atoms with Gasteiger partial charge in [-0.25, -0.2) is 9.59 Å². The predicted molar refractivity (Wildman–Crippen MR) is 72.3 cm³/mol. The molecule has 0 spiro atoms. The van der Waals surface area contributed by atoms with Crippen LogP contribution in [0.4, 0.5) is 10.5 Å². The molecule has 1 aromatic rings. The molecular weight excluding hydrogens is 246 g/mol. The third-order valence-electron chi connectivity index (χ3n) is 2.37. The van der Waals surface area contributed by atoms with Crippen LogP contribution in [0.1, 0.15) is 37.0 Å². The summed E-state index contributed by atoms with van der Waals surface area (Å²) in [6.45, 7) is 4.52. The van der Waals surface area contributed by atoms with E-state index in [1.165, 1.54) is 0 Å². The Morgan fingerprint density at radius 1 is 1.11 bits per heavy atom. The number of benzene rings is 1. The Balaban J connectivity index is 2.47. The summed E-state index contributed by atoms with van der Waals surface area (Å²) < 4.78 is 9.82. The summed E-state index contributed by atoms with van der Waals surface area (Å²) in [5, 5.41) is 2.59. The molecule has 0 aliphatic carbocycles. The summed E-state index contributed by atoms with van der Waals surface area (Å²) in [5.41, 5.74) is 1.03. The van der Waals surface area contributed by atoms with Gasteiger partial charge in [0.05, 0.1) is 18.8 Å². The zero-order valence-corrected chi connectivity index (χ0v) is 11.3. The SMILES string of the molecule is CCCCOC(=O)Nc1ccc(C(=O)OCC)cc1. The molecule has 1 aromatic carbocycles. The number of ether oxygens (including phenoxy) is 2. The van der Waals surface area contributed by atoms with E-state index in [2.05, 4.69) is 5.32 Å². The smallest absolute Gasteiger partial charge is 0.411 e. The average Bonchev–Trinajstić information content (AvgIpc) is 2.40. The lowest BCUT2D eigenvalue weighted by Crippen LogP contribution is -2.14. The normalized spacial score (nSPS) is 9.79. The molecule has 0 heterocycles. The fourth-order valence-electron chi connectivity index (χ4n) is 1.37. The monoisotopic (exact) mass is 265 g/mol. The van der Waals surface area contributed by atoms with E-state index in [9.17, 15) is 9.59 Å². The topological polar surface area (TPSA) is 64.6 Å². The quantitative estimate of drug-likeness (QED) is 0.633. The first-order valence-corrected chi connectivity index (χ1v) is 6.38. The Morgan fingerprint density at radius 3 is 2.37 bits per heavy atom. The number of carbonyl (C=O) groups is 2. The lowest BCUT2D eigenvalue weighted by molar-refractivity contribution is 0.0526. The number of carbonyl (C=O) groups excluding carboxylic acids is 2. The fraction of sp³-hybridized carbons (Fsp3) is 0.429. The van der Waals surface area contributed by atoms with Crippen molar-refractivity contribution >= 4 is 17.7 Å². The van der Waals surface area contributed by atoms with Gasteiger partial charge < -0.3 is 9.47 Å². The molecule has 0 aliphatic heterocycles. The largest absolute Gasteiger partial charge is 0.462 e. The number of rotatable bonds is 6. The second-order valence-electron chi connectivity index (χ2n) is 3.91. The first-order chi connectivity index (χ1) is 9.17. The highest BCUT2D eigenvalue weighted by molar-refractivity contribution is 5.91. The van der Waals surface area contributed by atoms with Crippen LogP contribution in [0.25, 0.3) is 0 Å². The van der Waals surface area contributed by atoms with E-state index in [0.29, 0.717) is 24.5 Å². The van der Waals surface area contributed by atoms with E-state index in [4.69, 9.17) is 9.47 Å². The molecule has 1 rings (SSSR count). The van der Waals surface area contributed by atoms with Crippen LogP contribution in [-0.2, 0) is 9.47 Å². The van der Waals surface area contributed by atoms with Crippen LogP contribution in [0.15, 0.2) is 24.3 Å². The second kappa shape index (κ2) is 8.13. The van der Waals surface area contributed by atoms with Crippen LogP contribution in [0, 0.1) is 0 Å². The highest BCUT2D eigenvalue weighted by atomic mass is 16.5. The van der Waals surface area contributed by atoms with E-state index < -0.39 is 6.09 Å². The van der Waals surface area contributed by atoms with E-state index in [0.717, 1.165) is 12.8 Å². The van der Waals surface area contributed by atoms with Gasteiger partial charge in [-0.15, -0.1) is 0 Å². The lowest BCUT2D eigenvalue weighted by atomic mass is 10.2. The Morgan fingerprint density at radius 2 is 1.79 bits per heavy atom. The van der Waals surface area contributed by atoms with Crippen molar-refractivity contribution in [1.29, 1.82) is 0 Å². The van der Waals surface area contributed by atoms with Crippen molar-refractivity contribution in [2.24, 2.45) is 0 Å². The molecule has 0 aliphatic rings. The number of anilines is 1. The summed E-state index contributed by atoms with van der Waals surface area (Å²) >= 11 is 0. The third-order valence-corrected chi connectivity index (χ3v) is 2.37. The maximum Gasteiger partial charge on any atom is 0.411 e. The van der Waals surface area contributed by atoms with Gasteiger partial charge in [0.15, 0.2) is 0 Å². The molecule has 5 nitrogen and oxygen atoms in total. The minimum Gasteiger partial charge on any atom is -0.462 e. The van der Waals surface area contributed by atoms with Gasteiger partial charge in [0.2, 0.25) is 0 Å². The van der Waals surface area contributed by atoms with Crippen molar-refractivity contribution in [2.75, 3.05) is 18.5 Å². The van der Waals surface area contributed by atoms with Crippen molar-refractivity contribution in [2.45, 2.75) is 26.7 Å². The van der Waals surface area contributed by atoms with Crippen molar-refractivity contribution < 1.29 is 19.1 Å². The van der Waals surface area contributed by atoms with E-state index in [1.807, 2.05) is 6.92 Å². The fourth-order valence-corrected chi connectivity index (χ4v) is 1.37. The molecule has 104 valence electrons. The average molecular weight is 265 g/mol. The molecule has 1 amide bonds. The molecule has 0 saturated carbocycles. The van der Waals surface area contributed by atoms with E-state index in [-0.39, 0.29) is 5.97 Å². The summed E-state index contributed by atoms with van der Waals surface area (Å²) in [7, 11) is 0. The number of unbranched alkanes of at least 4 members (excludes halogenated alkanes) is 1. The summed E-state index contributed by atoms with van der Waals surface area (Å²) in [6.07, 6.45) is 1.33. The molecule has 0 aromatic heterocycles. The first-order valence-electron chi connectivity index (χ1n) is 6.38. The standard InChI is InChI=1S/C14H19NO4/c1-3-5-10-19-14(17)15-12-8-6-11(7-9-12)13(16)18-4-2/h6-9H,3-5,10H2,1-2H3,(H,15,17). The molecule has 0 saturated heterocycles. The Hall–Kier alpha value is -2.04. The van der Waals surface area contributed by atoms with Gasteiger partial charge in [-0.3, -0.25) is 5.32 Å². The number of hydrogen-bond donors (Lipinski definition) is 1. The molecule has 19 heavy (non-hydrogen) atoms. The van der Waals surface area contributed by atoms with Crippen LogP contribution in [0.3, 0.4) is 0 Å². The molecule has 5 heteroatoms. The Labute approximate surface area is 112 Å². The minimum atomic E-state index is -0.489. The number of hydrogen-bond acceptors (Lipinski definition) is 4. The number of esters is 1. The molecule has 0 unspecified atom stereocenters. The van der Waals surface area contributed by atoms with Crippen LogP contribution in [0.2, 0.25) is 0 Å². The van der Waals surface area contributed by atoms with Crippen LogP contribution in [-0.4, -0.2) is 25.3 Å². The number of amides is 1. The summed E-state index contributed by atoms with van der Waals surface area (Å²) in [5.74, 6) is -0.375. The molecule has 0 fully saturated rings. The first kappa shape index (κ1) is 15.0. The Bertz CT molecular complexity index is 414. The second-order valence-corrected chi connectivity index (χ2v) is 3.91. The van der Waals surface area contributed by atoms with E-state index >= 15 is 0 Å². The van der Waals surface area contributed by atoms with Gasteiger partial charge >= 0.3 is 12.1 Å². The van der Waals surface area contributed by atoms with Gasteiger partial charge in [0, 0.05) is 5.69 Å². The Kier molecular flexibility index (Phi) is 6.43. The maximum absolute atomic E-state index is 11.4. The van der Waals surface area contributed by atoms with Crippen LogP contribution >= 0.6 is 0 Å². The van der Waals surface area contributed by atoms with Gasteiger partial charge in [0.25, 0.3) is 0 Å².